The summed E-state index contributed by atoms with van der Waals surface area (Å²) in [5.74, 6) is 1.46. The van der Waals surface area contributed by atoms with Crippen molar-refractivity contribution < 1.29 is 14.3 Å². The largest absolute Gasteiger partial charge is 0.505 e. The third-order valence-corrected chi connectivity index (χ3v) is 6.37. The first-order chi connectivity index (χ1) is 17.6. The van der Waals surface area contributed by atoms with E-state index < -0.39 is 0 Å². The van der Waals surface area contributed by atoms with Gasteiger partial charge in [-0.2, -0.15) is 4.40 Å². The van der Waals surface area contributed by atoms with Gasteiger partial charge in [-0.15, -0.1) is 0 Å². The zero-order valence-electron chi connectivity index (χ0n) is 22.1. The number of benzene rings is 2. The minimum Gasteiger partial charge on any atom is -0.505 e. The SMILES string of the molecule is CS/N=C(/Nc1cccc(C(=O)N(C)Cc2ccccc2)c1O)C(=N)N[C@@H](c1cc(C)c(C)o1)C(C)C. The van der Waals surface area contributed by atoms with Crippen molar-refractivity contribution >= 4 is 35.2 Å². The van der Waals surface area contributed by atoms with Gasteiger partial charge < -0.3 is 25.1 Å². The molecule has 0 aliphatic carbocycles. The molecule has 8 nitrogen and oxygen atoms in total. The van der Waals surface area contributed by atoms with Crippen LogP contribution in [-0.4, -0.2) is 40.9 Å². The summed E-state index contributed by atoms with van der Waals surface area (Å²) < 4.78 is 10.3. The summed E-state index contributed by atoms with van der Waals surface area (Å²) in [4.78, 5) is 14.7. The number of rotatable bonds is 8. The topological polar surface area (TPSA) is 114 Å². The van der Waals surface area contributed by atoms with Crippen molar-refractivity contribution in [2.75, 3.05) is 18.6 Å². The van der Waals surface area contributed by atoms with Crippen molar-refractivity contribution in [1.82, 2.24) is 10.2 Å². The number of phenolic OH excluding ortho intramolecular Hbond substituents is 1. The molecule has 0 aliphatic rings. The number of hydrogen-bond acceptors (Lipinski definition) is 6. The summed E-state index contributed by atoms with van der Waals surface area (Å²) in [5, 5.41) is 25.9. The Morgan fingerprint density at radius 3 is 2.46 bits per heavy atom. The molecule has 0 spiro atoms. The lowest BCUT2D eigenvalue weighted by Crippen LogP contribution is -2.39. The van der Waals surface area contributed by atoms with E-state index in [0.717, 1.165) is 22.6 Å². The smallest absolute Gasteiger partial charge is 0.257 e. The Balaban J connectivity index is 1.80. The molecule has 3 aromatic rings. The number of amidine groups is 2. The minimum atomic E-state index is -0.315. The van der Waals surface area contributed by atoms with Crippen molar-refractivity contribution in [2.24, 2.45) is 10.3 Å². The number of carbonyl (C=O) groups is 1. The van der Waals surface area contributed by atoms with Gasteiger partial charge in [0.25, 0.3) is 5.91 Å². The second kappa shape index (κ2) is 12.5. The van der Waals surface area contributed by atoms with Crippen LogP contribution in [0.25, 0.3) is 0 Å². The average molecular weight is 522 g/mol. The highest BCUT2D eigenvalue weighted by Gasteiger charge is 2.24. The maximum atomic E-state index is 13.1. The van der Waals surface area contributed by atoms with Crippen LogP contribution in [0.3, 0.4) is 0 Å². The van der Waals surface area contributed by atoms with E-state index in [1.807, 2.05) is 64.1 Å². The second-order valence-electron chi connectivity index (χ2n) is 9.23. The van der Waals surface area contributed by atoms with Crippen LogP contribution in [0, 0.1) is 25.2 Å². The zero-order chi connectivity index (χ0) is 27.1. The van der Waals surface area contributed by atoms with Gasteiger partial charge in [0.2, 0.25) is 0 Å². The molecular weight excluding hydrogens is 486 g/mol. The van der Waals surface area contributed by atoms with E-state index >= 15 is 0 Å². The van der Waals surface area contributed by atoms with Crippen molar-refractivity contribution in [3.8, 4) is 5.75 Å². The van der Waals surface area contributed by atoms with Crippen LogP contribution in [0.4, 0.5) is 5.69 Å². The number of aryl methyl sites for hydroxylation is 2. The predicted octanol–water partition coefficient (Wildman–Crippen LogP) is 5.93. The van der Waals surface area contributed by atoms with Crippen LogP contribution in [0.5, 0.6) is 5.75 Å². The Kier molecular flexibility index (Phi) is 9.41. The van der Waals surface area contributed by atoms with Crippen LogP contribution in [0.2, 0.25) is 0 Å². The fraction of sp³-hybridized carbons (Fsp3) is 0.321. The predicted molar refractivity (Wildman–Crippen MR) is 152 cm³/mol. The highest BCUT2D eigenvalue weighted by Crippen LogP contribution is 2.30. The number of nitrogens with zero attached hydrogens (tertiary/aromatic N) is 2. The van der Waals surface area contributed by atoms with Gasteiger partial charge in [-0.05, 0) is 61.0 Å². The Hall–Kier alpha value is -3.72. The molecule has 0 radical (unpaired) electrons. The summed E-state index contributed by atoms with van der Waals surface area (Å²) in [7, 11) is 1.69. The summed E-state index contributed by atoms with van der Waals surface area (Å²) in [5.41, 5.74) is 2.48. The van der Waals surface area contributed by atoms with Gasteiger partial charge in [-0.25, -0.2) is 0 Å². The Bertz CT molecular complexity index is 1250. The molecule has 0 aliphatic heterocycles. The van der Waals surface area contributed by atoms with Crippen molar-refractivity contribution in [1.29, 1.82) is 5.41 Å². The number of nitrogens with one attached hydrogen (secondary N) is 3. The molecule has 3 rings (SSSR count). The Morgan fingerprint density at radius 2 is 1.86 bits per heavy atom. The summed E-state index contributed by atoms with van der Waals surface area (Å²) in [6.07, 6.45) is 1.78. The van der Waals surface area contributed by atoms with Gasteiger partial charge in [0, 0.05) is 19.8 Å². The zero-order valence-corrected chi connectivity index (χ0v) is 22.9. The third-order valence-electron chi connectivity index (χ3n) is 6.01. The third kappa shape index (κ3) is 6.95. The molecule has 37 heavy (non-hydrogen) atoms. The monoisotopic (exact) mass is 521 g/mol. The molecule has 0 bridgehead atoms. The van der Waals surface area contributed by atoms with Crippen molar-refractivity contribution in [2.45, 2.75) is 40.3 Å². The van der Waals surface area contributed by atoms with E-state index in [4.69, 9.17) is 9.83 Å². The molecule has 1 heterocycles. The van der Waals surface area contributed by atoms with Crippen molar-refractivity contribution in [3.05, 3.63) is 82.8 Å². The maximum absolute atomic E-state index is 13.1. The van der Waals surface area contributed by atoms with Gasteiger partial charge in [0.05, 0.1) is 17.3 Å². The van der Waals surface area contributed by atoms with Gasteiger partial charge in [0.1, 0.15) is 11.5 Å². The van der Waals surface area contributed by atoms with Gasteiger partial charge >= 0.3 is 0 Å². The molecular formula is C28H35N5O3S. The molecule has 0 fully saturated rings. The Morgan fingerprint density at radius 1 is 1.16 bits per heavy atom. The molecule has 0 unspecified atom stereocenters. The summed E-state index contributed by atoms with van der Waals surface area (Å²) in [6, 6.07) is 16.3. The highest BCUT2D eigenvalue weighted by molar-refractivity contribution is 7.97. The lowest BCUT2D eigenvalue weighted by molar-refractivity contribution is 0.0782. The number of para-hydroxylation sites is 1. The molecule has 1 amide bonds. The van der Waals surface area contributed by atoms with E-state index in [0.29, 0.717) is 6.54 Å². The number of furan rings is 1. The van der Waals surface area contributed by atoms with Gasteiger partial charge in [0.15, 0.2) is 17.4 Å². The van der Waals surface area contributed by atoms with Crippen LogP contribution < -0.4 is 10.6 Å². The first-order valence-corrected chi connectivity index (χ1v) is 13.2. The first-order valence-electron chi connectivity index (χ1n) is 12.0. The van der Waals surface area contributed by atoms with Crippen LogP contribution in [0.15, 0.2) is 63.4 Å². The fourth-order valence-electron chi connectivity index (χ4n) is 3.85. The number of hydrogen-bond donors (Lipinski definition) is 4. The normalized spacial score (nSPS) is 12.4. The number of phenols is 1. The average Bonchev–Trinajstić information content (AvgIpc) is 3.20. The number of amides is 1. The number of carbonyl (C=O) groups excluding carboxylic acids is 1. The van der Waals surface area contributed by atoms with Crippen LogP contribution >= 0.6 is 11.9 Å². The summed E-state index contributed by atoms with van der Waals surface area (Å²) >= 11 is 1.18. The summed E-state index contributed by atoms with van der Waals surface area (Å²) in [6.45, 7) is 8.40. The van der Waals surface area contributed by atoms with E-state index in [9.17, 15) is 9.90 Å². The maximum Gasteiger partial charge on any atom is 0.257 e. The molecule has 2 aromatic carbocycles. The highest BCUT2D eigenvalue weighted by atomic mass is 32.2. The van der Waals surface area contributed by atoms with Crippen molar-refractivity contribution in [3.63, 3.8) is 0 Å². The van der Waals surface area contributed by atoms with Crippen LogP contribution in [0.1, 0.15) is 52.9 Å². The lowest BCUT2D eigenvalue weighted by atomic mass is 10.0. The minimum absolute atomic E-state index is 0.0390. The number of aromatic hydroxyl groups is 1. The van der Waals surface area contributed by atoms with Gasteiger partial charge in [-0.3, -0.25) is 10.2 Å². The van der Waals surface area contributed by atoms with E-state index in [2.05, 4.69) is 15.0 Å². The molecule has 0 saturated carbocycles. The molecule has 9 heteroatoms. The molecule has 4 N–H and O–H groups in total. The van der Waals surface area contributed by atoms with E-state index in [1.54, 1.807) is 36.4 Å². The van der Waals surface area contributed by atoms with Gasteiger partial charge in [-0.1, -0.05) is 50.2 Å². The molecule has 0 saturated heterocycles. The number of anilines is 1. The van der Waals surface area contributed by atoms with E-state index in [-0.39, 0.29) is 46.5 Å². The first kappa shape index (κ1) is 27.9. The van der Waals surface area contributed by atoms with E-state index in [1.165, 1.54) is 11.9 Å². The molecule has 1 atom stereocenters. The second-order valence-corrected chi connectivity index (χ2v) is 9.77. The molecule has 196 valence electrons. The standard InChI is InChI=1S/C28H35N5O3S/c1-17(2)24(23-15-18(3)19(4)36-23)31-26(29)27(32-37-6)30-22-14-10-13-21(25(22)34)28(35)33(5)16-20-11-8-7-9-12-20/h7-15,17,24,34H,16H2,1-6H3,(H2,29,31)(H,30,32)/t24-/m1/s1. The fourth-order valence-corrected chi connectivity index (χ4v) is 4.17. The van der Waals surface area contributed by atoms with Crippen LogP contribution in [-0.2, 0) is 6.54 Å². The quantitative estimate of drug-likeness (QED) is 0.126. The molecule has 1 aromatic heterocycles. The Labute approximate surface area is 222 Å². The lowest BCUT2D eigenvalue weighted by Gasteiger charge is -2.23.